The van der Waals surface area contributed by atoms with Gasteiger partial charge in [0.15, 0.2) is 0 Å². The number of amides is 2. The van der Waals surface area contributed by atoms with Crippen LogP contribution in [-0.2, 0) is 26.2 Å². The Balaban J connectivity index is 2.04. The first kappa shape index (κ1) is 29.8. The van der Waals surface area contributed by atoms with E-state index in [1.54, 1.807) is 39.0 Å². The fourth-order valence-corrected chi connectivity index (χ4v) is 5.25. The lowest BCUT2D eigenvalue weighted by Gasteiger charge is -2.33. The second-order valence-corrected chi connectivity index (χ2v) is 12.2. The molecule has 0 fully saturated rings. The van der Waals surface area contributed by atoms with Gasteiger partial charge in [-0.15, -0.1) is 0 Å². The second kappa shape index (κ2) is 11.9. The molecule has 0 bridgehead atoms. The van der Waals surface area contributed by atoms with Gasteiger partial charge in [0, 0.05) is 17.6 Å². The largest absolute Gasteiger partial charge is 0.350 e. The quantitative estimate of drug-likeness (QED) is 0.410. The number of carbonyl (C=O) groups excluding carboxylic acids is 2. The average molecular weight is 558 g/mol. The number of anilines is 1. The average Bonchev–Trinajstić information content (AvgIpc) is 2.86. The van der Waals surface area contributed by atoms with Crippen molar-refractivity contribution in [2.24, 2.45) is 0 Å². The van der Waals surface area contributed by atoms with E-state index in [-0.39, 0.29) is 22.7 Å². The Bertz CT molecular complexity index is 1420. The van der Waals surface area contributed by atoms with Gasteiger partial charge in [-0.05, 0) is 77.1 Å². The summed E-state index contributed by atoms with van der Waals surface area (Å²) in [6.07, 6.45) is 0. The molecule has 0 radical (unpaired) electrons. The van der Waals surface area contributed by atoms with Crippen molar-refractivity contribution in [3.63, 3.8) is 0 Å². The maximum absolute atomic E-state index is 14.6. The molecule has 0 aliphatic carbocycles. The van der Waals surface area contributed by atoms with Crippen molar-refractivity contribution in [1.82, 2.24) is 10.2 Å². The number of nitrogens with zero attached hydrogens (tertiary/aromatic N) is 2. The highest BCUT2D eigenvalue weighted by atomic mass is 32.2. The molecule has 10 heteroatoms. The molecule has 2 amide bonds. The smallest absolute Gasteiger partial charge is 0.264 e. The summed E-state index contributed by atoms with van der Waals surface area (Å²) in [6, 6.07) is 15.6. The fraction of sp³-hybridized carbons (Fsp3) is 0.310. The molecule has 0 aliphatic rings. The summed E-state index contributed by atoms with van der Waals surface area (Å²) >= 11 is 0. The van der Waals surface area contributed by atoms with Crippen LogP contribution in [0.4, 0.5) is 14.5 Å². The number of sulfonamides is 1. The molecule has 0 unspecified atom stereocenters. The van der Waals surface area contributed by atoms with Gasteiger partial charge in [-0.2, -0.15) is 0 Å². The lowest BCUT2D eigenvalue weighted by Crippen LogP contribution is -2.54. The van der Waals surface area contributed by atoms with E-state index in [0.29, 0.717) is 0 Å². The minimum Gasteiger partial charge on any atom is -0.350 e. The highest BCUT2D eigenvalue weighted by Crippen LogP contribution is 2.25. The summed E-state index contributed by atoms with van der Waals surface area (Å²) in [5.41, 5.74) is 0.458. The molecular formula is C29H33F2N3O4S. The molecule has 0 aliphatic heterocycles. The third-order valence-corrected chi connectivity index (χ3v) is 7.75. The molecular weight excluding hydrogens is 524 g/mol. The van der Waals surface area contributed by atoms with Crippen molar-refractivity contribution in [2.75, 3.05) is 10.8 Å². The predicted molar refractivity (Wildman–Crippen MR) is 146 cm³/mol. The monoisotopic (exact) mass is 557 g/mol. The van der Waals surface area contributed by atoms with Crippen LogP contribution in [0.1, 0.15) is 38.8 Å². The third-order valence-electron chi connectivity index (χ3n) is 5.97. The number of hydrogen-bond acceptors (Lipinski definition) is 4. The number of halogens is 2. The van der Waals surface area contributed by atoms with Crippen LogP contribution in [0, 0.1) is 18.6 Å². The van der Waals surface area contributed by atoms with Crippen LogP contribution in [0.3, 0.4) is 0 Å². The van der Waals surface area contributed by atoms with Gasteiger partial charge in [0.1, 0.15) is 24.2 Å². The van der Waals surface area contributed by atoms with Crippen molar-refractivity contribution < 1.29 is 26.8 Å². The topological polar surface area (TPSA) is 86.8 Å². The molecule has 0 heterocycles. The van der Waals surface area contributed by atoms with Gasteiger partial charge in [-0.3, -0.25) is 13.9 Å². The molecule has 0 saturated carbocycles. The highest BCUT2D eigenvalue weighted by Gasteiger charge is 2.33. The number of hydrogen-bond donors (Lipinski definition) is 1. The molecule has 208 valence electrons. The fourth-order valence-electron chi connectivity index (χ4n) is 3.84. The highest BCUT2D eigenvalue weighted by molar-refractivity contribution is 7.92. The molecule has 39 heavy (non-hydrogen) atoms. The minimum absolute atomic E-state index is 0.0583. The van der Waals surface area contributed by atoms with Gasteiger partial charge < -0.3 is 10.2 Å². The Labute approximate surface area is 228 Å². The first-order valence-electron chi connectivity index (χ1n) is 12.4. The van der Waals surface area contributed by atoms with Crippen LogP contribution >= 0.6 is 0 Å². The standard InChI is InChI=1S/C29H33F2N3O4S/c1-20-10-16-25(17-11-20)39(37,38)34(24-14-12-23(30)13-15-24)19-27(35)33(18-22-8-6-7-9-26(22)31)21(2)28(36)32-29(3,4)5/h6-17,21H,18-19H2,1-5H3,(H,32,36)/t21-/m0/s1. The van der Waals surface area contributed by atoms with E-state index < -0.39 is 51.6 Å². The molecule has 3 rings (SSSR count). The molecule has 1 atom stereocenters. The van der Waals surface area contributed by atoms with Crippen LogP contribution in [0.25, 0.3) is 0 Å². The normalized spacial score (nSPS) is 12.5. The van der Waals surface area contributed by atoms with E-state index in [9.17, 15) is 26.8 Å². The molecule has 3 aromatic rings. The van der Waals surface area contributed by atoms with E-state index in [1.165, 1.54) is 49.4 Å². The minimum atomic E-state index is -4.28. The summed E-state index contributed by atoms with van der Waals surface area (Å²) in [7, 11) is -4.28. The van der Waals surface area contributed by atoms with E-state index in [0.717, 1.165) is 26.9 Å². The molecule has 7 nitrogen and oxygen atoms in total. The number of rotatable bonds is 9. The zero-order valence-electron chi connectivity index (χ0n) is 22.6. The third kappa shape index (κ3) is 7.63. The van der Waals surface area contributed by atoms with Crippen molar-refractivity contribution >= 4 is 27.5 Å². The first-order chi connectivity index (χ1) is 18.2. The number of benzene rings is 3. The predicted octanol–water partition coefficient (Wildman–Crippen LogP) is 4.80. The van der Waals surface area contributed by atoms with E-state index in [4.69, 9.17) is 0 Å². The summed E-state index contributed by atoms with van der Waals surface area (Å²) in [4.78, 5) is 27.9. The molecule has 1 N–H and O–H groups in total. The zero-order chi connectivity index (χ0) is 29.0. The summed E-state index contributed by atoms with van der Waals surface area (Å²) < 4.78 is 56.6. The van der Waals surface area contributed by atoms with Crippen LogP contribution < -0.4 is 9.62 Å². The van der Waals surface area contributed by atoms with Crippen molar-refractivity contribution in [1.29, 1.82) is 0 Å². The lowest BCUT2D eigenvalue weighted by molar-refractivity contribution is -0.140. The van der Waals surface area contributed by atoms with Crippen LogP contribution in [-0.4, -0.2) is 43.3 Å². The lowest BCUT2D eigenvalue weighted by atomic mass is 10.1. The van der Waals surface area contributed by atoms with Crippen LogP contribution in [0.2, 0.25) is 0 Å². The van der Waals surface area contributed by atoms with Crippen LogP contribution in [0.15, 0.2) is 77.7 Å². The van der Waals surface area contributed by atoms with Gasteiger partial charge in [0.2, 0.25) is 11.8 Å². The number of nitrogens with one attached hydrogen (secondary N) is 1. The number of carbonyl (C=O) groups is 2. The second-order valence-electron chi connectivity index (χ2n) is 10.3. The molecule has 0 saturated heterocycles. The van der Waals surface area contributed by atoms with Crippen molar-refractivity contribution in [3.8, 4) is 0 Å². The van der Waals surface area contributed by atoms with Gasteiger partial charge >= 0.3 is 0 Å². The van der Waals surface area contributed by atoms with E-state index >= 15 is 0 Å². The number of aryl methyl sites for hydroxylation is 1. The Morgan fingerprint density at radius 2 is 1.51 bits per heavy atom. The van der Waals surface area contributed by atoms with Gasteiger partial charge in [-0.1, -0.05) is 35.9 Å². The molecule has 3 aromatic carbocycles. The summed E-state index contributed by atoms with van der Waals surface area (Å²) in [6.45, 7) is 7.68. The van der Waals surface area contributed by atoms with Gasteiger partial charge in [0.25, 0.3) is 10.0 Å². The zero-order valence-corrected chi connectivity index (χ0v) is 23.4. The molecule has 0 aromatic heterocycles. The van der Waals surface area contributed by atoms with Crippen molar-refractivity contribution in [3.05, 3.63) is 95.6 Å². The van der Waals surface area contributed by atoms with Gasteiger partial charge in [0.05, 0.1) is 10.6 Å². The van der Waals surface area contributed by atoms with Crippen LogP contribution in [0.5, 0.6) is 0 Å². The van der Waals surface area contributed by atoms with E-state index in [1.807, 2.05) is 6.92 Å². The Morgan fingerprint density at radius 1 is 0.923 bits per heavy atom. The Hall–Kier alpha value is -3.79. The maximum atomic E-state index is 14.6. The SMILES string of the molecule is Cc1ccc(S(=O)(=O)N(CC(=O)N(Cc2ccccc2F)[C@@H](C)C(=O)NC(C)(C)C)c2ccc(F)cc2)cc1. The van der Waals surface area contributed by atoms with Gasteiger partial charge in [-0.25, -0.2) is 17.2 Å². The first-order valence-corrected chi connectivity index (χ1v) is 13.8. The van der Waals surface area contributed by atoms with Crippen molar-refractivity contribution in [2.45, 2.75) is 57.6 Å². The maximum Gasteiger partial charge on any atom is 0.264 e. The van der Waals surface area contributed by atoms with E-state index in [2.05, 4.69) is 5.32 Å². The Kier molecular flexibility index (Phi) is 9.11. The Morgan fingerprint density at radius 3 is 2.08 bits per heavy atom. The summed E-state index contributed by atoms with van der Waals surface area (Å²) in [5, 5.41) is 2.81. The summed E-state index contributed by atoms with van der Waals surface area (Å²) in [5.74, 6) is -2.37. The molecule has 0 spiro atoms.